The van der Waals surface area contributed by atoms with E-state index in [1.807, 2.05) is 19.9 Å². The van der Waals surface area contributed by atoms with Crippen molar-refractivity contribution in [3.63, 3.8) is 0 Å². The number of aryl methyl sites for hydroxylation is 2. The second kappa shape index (κ2) is 8.42. The Kier molecular flexibility index (Phi) is 5.31. The third-order valence-corrected chi connectivity index (χ3v) is 5.99. The van der Waals surface area contributed by atoms with Gasteiger partial charge >= 0.3 is 0 Å². The summed E-state index contributed by atoms with van der Waals surface area (Å²) in [5, 5.41) is 2.96. The van der Waals surface area contributed by atoms with Crippen molar-refractivity contribution in [1.29, 1.82) is 0 Å². The molecule has 1 amide bonds. The zero-order valence-electron chi connectivity index (χ0n) is 18.4. The third kappa shape index (κ3) is 3.93. The first-order valence-corrected chi connectivity index (χ1v) is 11.0. The molecular weight excluding hydrogens is 400 g/mol. The van der Waals surface area contributed by atoms with Crippen LogP contribution in [0.5, 0.6) is 0 Å². The maximum Gasteiger partial charge on any atom is 0.258 e. The van der Waals surface area contributed by atoms with Crippen LogP contribution in [0.3, 0.4) is 0 Å². The molecular formula is C25H26N6O. The SMILES string of the molecule is Cc1cc(C)c(NC(=O)c2ccnc3nc(-c4ccc(N5CCCCC5)cc4)[nH]c23)cn1. The van der Waals surface area contributed by atoms with Gasteiger partial charge in [-0.3, -0.25) is 9.78 Å². The molecule has 3 aromatic heterocycles. The van der Waals surface area contributed by atoms with Gasteiger partial charge in [0, 0.05) is 36.2 Å². The third-order valence-electron chi connectivity index (χ3n) is 5.99. The van der Waals surface area contributed by atoms with Crippen molar-refractivity contribution in [1.82, 2.24) is 19.9 Å². The van der Waals surface area contributed by atoms with E-state index in [0.29, 0.717) is 28.2 Å². The van der Waals surface area contributed by atoms with E-state index in [9.17, 15) is 4.79 Å². The van der Waals surface area contributed by atoms with Gasteiger partial charge < -0.3 is 15.2 Å². The van der Waals surface area contributed by atoms with Crippen LogP contribution in [0.4, 0.5) is 11.4 Å². The highest BCUT2D eigenvalue weighted by molar-refractivity contribution is 6.11. The molecule has 1 aromatic carbocycles. The molecule has 7 heteroatoms. The number of benzene rings is 1. The quantitative estimate of drug-likeness (QED) is 0.486. The first kappa shape index (κ1) is 20.2. The number of pyridine rings is 2. The van der Waals surface area contributed by atoms with Gasteiger partial charge in [0.25, 0.3) is 5.91 Å². The van der Waals surface area contributed by atoms with Gasteiger partial charge in [-0.2, -0.15) is 0 Å². The summed E-state index contributed by atoms with van der Waals surface area (Å²) in [4.78, 5) is 32.0. The second-order valence-electron chi connectivity index (χ2n) is 8.33. The molecule has 0 unspecified atom stereocenters. The lowest BCUT2D eigenvalue weighted by atomic mass is 10.1. The highest BCUT2D eigenvalue weighted by Crippen LogP contribution is 2.26. The van der Waals surface area contributed by atoms with Crippen molar-refractivity contribution in [3.8, 4) is 11.4 Å². The lowest BCUT2D eigenvalue weighted by Crippen LogP contribution is -2.29. The maximum atomic E-state index is 13.0. The minimum atomic E-state index is -0.221. The molecule has 1 aliphatic rings. The van der Waals surface area contributed by atoms with Crippen molar-refractivity contribution >= 4 is 28.4 Å². The molecule has 1 saturated heterocycles. The molecule has 0 aliphatic carbocycles. The number of hydrogen-bond acceptors (Lipinski definition) is 5. The van der Waals surface area contributed by atoms with E-state index in [4.69, 9.17) is 0 Å². The summed E-state index contributed by atoms with van der Waals surface area (Å²) in [5.74, 6) is 0.480. The normalized spacial score (nSPS) is 14.0. The Balaban J connectivity index is 1.42. The summed E-state index contributed by atoms with van der Waals surface area (Å²) in [6, 6.07) is 12.1. The van der Waals surface area contributed by atoms with E-state index in [1.54, 1.807) is 18.5 Å². The lowest BCUT2D eigenvalue weighted by Gasteiger charge is -2.28. The predicted octanol–water partition coefficient (Wildman–Crippen LogP) is 4.88. The number of aromatic nitrogens is 4. The predicted molar refractivity (Wildman–Crippen MR) is 127 cm³/mol. The summed E-state index contributed by atoms with van der Waals surface area (Å²) in [6.45, 7) is 6.11. The average molecular weight is 427 g/mol. The molecule has 5 rings (SSSR count). The first-order valence-electron chi connectivity index (χ1n) is 11.0. The number of nitrogens with zero attached hydrogens (tertiary/aromatic N) is 4. The molecule has 0 radical (unpaired) electrons. The standard InChI is InChI=1S/C25H26N6O/c1-16-14-17(2)27-15-21(16)28-25(32)20-10-11-26-24-22(20)29-23(30-24)18-6-8-19(9-7-18)31-12-4-3-5-13-31/h6-11,14-15H,3-5,12-13H2,1-2H3,(H,28,32)(H,26,29,30). The van der Waals surface area contributed by atoms with Crippen LogP contribution in [0.25, 0.3) is 22.6 Å². The number of carbonyl (C=O) groups excluding carboxylic acids is 1. The average Bonchev–Trinajstić information content (AvgIpc) is 3.26. The van der Waals surface area contributed by atoms with Crippen LogP contribution in [-0.2, 0) is 0 Å². The van der Waals surface area contributed by atoms with Gasteiger partial charge in [0.05, 0.1) is 23.0 Å². The summed E-state index contributed by atoms with van der Waals surface area (Å²) in [6.07, 6.45) is 7.11. The fourth-order valence-electron chi connectivity index (χ4n) is 4.24. The number of H-pyrrole nitrogens is 1. The smallest absolute Gasteiger partial charge is 0.258 e. The van der Waals surface area contributed by atoms with E-state index < -0.39 is 0 Å². The van der Waals surface area contributed by atoms with Gasteiger partial charge in [0.15, 0.2) is 5.65 Å². The van der Waals surface area contributed by atoms with Crippen LogP contribution in [-0.4, -0.2) is 38.9 Å². The number of amides is 1. The van der Waals surface area contributed by atoms with E-state index >= 15 is 0 Å². The van der Waals surface area contributed by atoms with Crippen LogP contribution < -0.4 is 10.2 Å². The molecule has 4 aromatic rings. The number of carbonyl (C=O) groups is 1. The number of hydrogen-bond donors (Lipinski definition) is 2. The summed E-state index contributed by atoms with van der Waals surface area (Å²) >= 11 is 0. The first-order chi connectivity index (χ1) is 15.6. The number of aromatic amines is 1. The largest absolute Gasteiger partial charge is 0.372 e. The Bertz CT molecular complexity index is 1270. The molecule has 1 aliphatic heterocycles. The van der Waals surface area contributed by atoms with Crippen LogP contribution in [0, 0.1) is 13.8 Å². The molecule has 0 saturated carbocycles. The molecule has 1 fully saturated rings. The lowest BCUT2D eigenvalue weighted by molar-refractivity contribution is 0.102. The molecule has 7 nitrogen and oxygen atoms in total. The molecule has 0 bridgehead atoms. The van der Waals surface area contributed by atoms with Gasteiger partial charge in [-0.15, -0.1) is 0 Å². The Morgan fingerprint density at radius 2 is 1.81 bits per heavy atom. The molecule has 0 spiro atoms. The number of imidazole rings is 1. The number of rotatable bonds is 4. The molecule has 32 heavy (non-hydrogen) atoms. The molecule has 2 N–H and O–H groups in total. The highest BCUT2D eigenvalue weighted by atomic mass is 16.1. The van der Waals surface area contributed by atoms with Crippen LogP contribution in [0.1, 0.15) is 40.9 Å². The van der Waals surface area contributed by atoms with Crippen LogP contribution in [0.2, 0.25) is 0 Å². The van der Waals surface area contributed by atoms with E-state index in [0.717, 1.165) is 29.9 Å². The molecule has 0 atom stereocenters. The fraction of sp³-hybridized carbons (Fsp3) is 0.280. The van der Waals surface area contributed by atoms with Crippen LogP contribution in [0.15, 0.2) is 48.8 Å². The second-order valence-corrected chi connectivity index (χ2v) is 8.33. The van der Waals surface area contributed by atoms with Crippen molar-refractivity contribution in [3.05, 3.63) is 65.6 Å². The number of anilines is 2. The number of fused-ring (bicyclic) bond motifs is 1. The Hall–Kier alpha value is -3.74. The Labute approximate surface area is 186 Å². The summed E-state index contributed by atoms with van der Waals surface area (Å²) in [7, 11) is 0. The van der Waals surface area contributed by atoms with Gasteiger partial charge in [-0.05, 0) is 75.1 Å². The van der Waals surface area contributed by atoms with Crippen molar-refractivity contribution in [2.24, 2.45) is 0 Å². The van der Waals surface area contributed by atoms with Crippen molar-refractivity contribution < 1.29 is 4.79 Å². The fourth-order valence-corrected chi connectivity index (χ4v) is 4.24. The van der Waals surface area contributed by atoms with E-state index in [-0.39, 0.29) is 5.91 Å². The number of piperidine rings is 1. The van der Waals surface area contributed by atoms with E-state index in [2.05, 4.69) is 54.4 Å². The van der Waals surface area contributed by atoms with Crippen molar-refractivity contribution in [2.75, 3.05) is 23.3 Å². The zero-order valence-corrected chi connectivity index (χ0v) is 18.4. The minimum absolute atomic E-state index is 0.221. The van der Waals surface area contributed by atoms with Gasteiger partial charge in [-0.25, -0.2) is 9.97 Å². The Morgan fingerprint density at radius 3 is 2.56 bits per heavy atom. The molecule has 4 heterocycles. The zero-order chi connectivity index (χ0) is 22.1. The highest BCUT2D eigenvalue weighted by Gasteiger charge is 2.17. The summed E-state index contributed by atoms with van der Waals surface area (Å²) < 4.78 is 0. The van der Waals surface area contributed by atoms with Crippen LogP contribution >= 0.6 is 0 Å². The van der Waals surface area contributed by atoms with Crippen molar-refractivity contribution in [2.45, 2.75) is 33.1 Å². The van der Waals surface area contributed by atoms with Gasteiger partial charge in [0.2, 0.25) is 0 Å². The summed E-state index contributed by atoms with van der Waals surface area (Å²) in [5.41, 5.74) is 6.42. The van der Waals surface area contributed by atoms with Gasteiger partial charge in [-0.1, -0.05) is 0 Å². The monoisotopic (exact) mass is 426 g/mol. The molecule has 162 valence electrons. The Morgan fingerprint density at radius 1 is 1.03 bits per heavy atom. The topological polar surface area (TPSA) is 86.8 Å². The minimum Gasteiger partial charge on any atom is -0.372 e. The van der Waals surface area contributed by atoms with E-state index in [1.165, 1.54) is 24.9 Å². The maximum absolute atomic E-state index is 13.0. The number of nitrogens with one attached hydrogen (secondary N) is 2. The van der Waals surface area contributed by atoms with Gasteiger partial charge in [0.1, 0.15) is 5.82 Å².